The summed E-state index contributed by atoms with van der Waals surface area (Å²) in [6.45, 7) is 2.13. The minimum Gasteiger partial charge on any atom is -0.358 e. The molecule has 0 saturated heterocycles. The van der Waals surface area contributed by atoms with Gasteiger partial charge in [-0.3, -0.25) is 0 Å². The van der Waals surface area contributed by atoms with Crippen LogP contribution in [-0.4, -0.2) is 33.6 Å². The third-order valence-electron chi connectivity index (χ3n) is 2.22. The quantitative estimate of drug-likeness (QED) is 0.235. The number of methoxy groups -OCH3 is 2. The van der Waals surface area contributed by atoms with Gasteiger partial charge in [-0.05, 0) is 17.3 Å². The lowest BCUT2D eigenvalue weighted by Crippen LogP contribution is -2.39. The van der Waals surface area contributed by atoms with Gasteiger partial charge in [-0.1, -0.05) is 35.6 Å². The molecule has 0 aromatic carbocycles. The van der Waals surface area contributed by atoms with Gasteiger partial charge in [-0.15, -0.1) is 0 Å². The first-order chi connectivity index (χ1) is 5.74. The first-order valence-electron chi connectivity index (χ1n) is 4.41. The first kappa shape index (κ1) is 12.9. The van der Waals surface area contributed by atoms with E-state index in [-0.39, 0.29) is 14.9 Å². The smallest absolute Gasteiger partial charge is 0.143 e. The third kappa shape index (κ3) is 4.20. The monoisotopic (exact) mass is 302 g/mol. The Bertz CT molecular complexity index is 99.0. The summed E-state index contributed by atoms with van der Waals surface area (Å²) in [4.78, 5) is 0. The molecule has 0 spiro atoms. The zero-order valence-electron chi connectivity index (χ0n) is 8.23. The molecule has 0 N–H and O–H groups in total. The van der Waals surface area contributed by atoms with Crippen molar-refractivity contribution in [1.29, 1.82) is 0 Å². The van der Waals surface area contributed by atoms with Gasteiger partial charge >= 0.3 is 0 Å². The van der Waals surface area contributed by atoms with E-state index >= 15 is 0 Å². The Morgan fingerprint density at radius 3 is 2.25 bits per heavy atom. The van der Waals surface area contributed by atoms with E-state index in [1.165, 1.54) is 16.9 Å². The Morgan fingerprint density at radius 1 is 1.33 bits per heavy atom. The predicted octanol–water partition coefficient (Wildman–Crippen LogP) is 1.76. The summed E-state index contributed by atoms with van der Waals surface area (Å²) < 4.78 is 12.1. The summed E-state index contributed by atoms with van der Waals surface area (Å²) in [7, 11) is 3.27. The van der Waals surface area contributed by atoms with Gasteiger partial charge in [0, 0.05) is 14.2 Å². The molecule has 12 heavy (non-hydrogen) atoms. The number of hydrogen-bond donors (Lipinski definition) is 0. The minimum absolute atomic E-state index is 0.189. The zero-order valence-corrected chi connectivity index (χ0v) is 11.8. The second kappa shape index (κ2) is 7.29. The van der Waals surface area contributed by atoms with E-state index in [1.54, 1.807) is 14.2 Å². The molecule has 0 unspecified atom stereocenters. The minimum atomic E-state index is -0.242. The van der Waals surface area contributed by atoms with Crippen molar-refractivity contribution < 1.29 is 9.47 Å². The van der Waals surface area contributed by atoms with Gasteiger partial charge in [0.15, 0.2) is 0 Å². The number of hydrogen-bond acceptors (Lipinski definition) is 2. The average Bonchev–Trinajstić information content (AvgIpc) is 2.14. The molecule has 0 fully saturated rings. The van der Waals surface area contributed by atoms with Gasteiger partial charge in [0.2, 0.25) is 0 Å². The molecular formula is C8H19IO2Si. The van der Waals surface area contributed by atoms with Crippen LogP contribution < -0.4 is 0 Å². The second-order valence-electron chi connectivity index (χ2n) is 2.82. The Kier molecular flexibility index (Phi) is 7.81. The van der Waals surface area contributed by atoms with Gasteiger partial charge in [-0.2, -0.15) is 0 Å². The van der Waals surface area contributed by atoms with Gasteiger partial charge in [0.25, 0.3) is 0 Å². The molecule has 0 aliphatic rings. The lowest BCUT2D eigenvalue weighted by atomic mass is 10.5. The van der Waals surface area contributed by atoms with E-state index < -0.39 is 0 Å². The third-order valence-corrected chi connectivity index (χ3v) is 5.68. The van der Waals surface area contributed by atoms with Gasteiger partial charge in [0.05, 0.1) is 9.52 Å². The molecule has 4 heteroatoms. The fourth-order valence-electron chi connectivity index (χ4n) is 1.24. The van der Waals surface area contributed by atoms with Crippen LogP contribution in [0.25, 0.3) is 0 Å². The number of halogens is 1. The summed E-state index contributed by atoms with van der Waals surface area (Å²) in [6.07, 6.45) is 2.29. The topological polar surface area (TPSA) is 18.5 Å². The molecule has 74 valence electrons. The molecule has 2 nitrogen and oxygen atoms in total. The number of ether oxygens (including phenoxy) is 2. The van der Waals surface area contributed by atoms with Gasteiger partial charge in [-0.25, -0.2) is 0 Å². The number of alkyl halides is 1. The second-order valence-corrected chi connectivity index (χ2v) is 6.18. The van der Waals surface area contributed by atoms with E-state index in [2.05, 4.69) is 29.5 Å². The molecule has 0 bridgehead atoms. The molecule has 0 aromatic rings. The highest BCUT2D eigenvalue weighted by atomic mass is 127. The lowest BCUT2D eigenvalue weighted by Gasteiger charge is -2.29. The van der Waals surface area contributed by atoms with Crippen LogP contribution in [0.15, 0.2) is 0 Å². The van der Waals surface area contributed by atoms with Crippen molar-refractivity contribution in [2.24, 2.45) is 0 Å². The van der Waals surface area contributed by atoms with Crippen molar-refractivity contribution in [3.8, 4) is 0 Å². The van der Waals surface area contributed by atoms with Crippen molar-refractivity contribution in [3.63, 3.8) is 0 Å². The van der Waals surface area contributed by atoms with Crippen LogP contribution in [0.1, 0.15) is 19.8 Å². The van der Waals surface area contributed by atoms with Crippen LogP contribution in [0.2, 0.25) is 6.04 Å². The molecule has 0 atom stereocenters. The van der Waals surface area contributed by atoms with Gasteiger partial charge in [0.1, 0.15) is 5.41 Å². The molecule has 0 amide bonds. The van der Waals surface area contributed by atoms with E-state index in [0.717, 1.165) is 6.42 Å². The number of rotatable bonds is 7. The Labute approximate surface area is 91.4 Å². The largest absolute Gasteiger partial charge is 0.358 e. The highest BCUT2D eigenvalue weighted by molar-refractivity contribution is 14.1. The Hall–Kier alpha value is 0.867. The molecule has 0 rings (SSSR count). The molecule has 0 aromatic heterocycles. The fourth-order valence-corrected chi connectivity index (χ4v) is 4.60. The van der Waals surface area contributed by atoms with E-state index in [9.17, 15) is 0 Å². The van der Waals surface area contributed by atoms with Crippen molar-refractivity contribution in [1.82, 2.24) is 0 Å². The van der Waals surface area contributed by atoms with Crippen molar-refractivity contribution in [2.75, 3.05) is 18.6 Å². The summed E-state index contributed by atoms with van der Waals surface area (Å²) in [5.74, 6) is 0. The highest BCUT2D eigenvalue weighted by Crippen LogP contribution is 2.16. The van der Waals surface area contributed by atoms with Crippen molar-refractivity contribution in [3.05, 3.63) is 0 Å². The van der Waals surface area contributed by atoms with Crippen LogP contribution >= 0.6 is 22.6 Å². The maximum absolute atomic E-state index is 5.42. The zero-order chi connectivity index (χ0) is 9.45. The van der Waals surface area contributed by atoms with Crippen LogP contribution in [-0.2, 0) is 9.47 Å². The van der Waals surface area contributed by atoms with E-state index in [1.807, 2.05) is 0 Å². The maximum atomic E-state index is 5.42. The van der Waals surface area contributed by atoms with Crippen molar-refractivity contribution >= 4 is 32.1 Å². The summed E-state index contributed by atoms with van der Waals surface area (Å²) in [5, 5.41) is 0. The summed E-state index contributed by atoms with van der Waals surface area (Å²) >= 11 is 2.42. The molecule has 0 radical (unpaired) electrons. The van der Waals surface area contributed by atoms with E-state index in [4.69, 9.17) is 9.47 Å². The van der Waals surface area contributed by atoms with Crippen LogP contribution in [0.5, 0.6) is 0 Å². The molecule has 0 saturated carbocycles. The normalized spacial score (nSPS) is 13.0. The highest BCUT2D eigenvalue weighted by Gasteiger charge is 2.26. The molecular weight excluding hydrogens is 283 g/mol. The standard InChI is InChI=1S/C8H19IO2Si/c1-4-8(10-2,11-3)12-7-5-6-9/h4-7,12H2,1-3H3. The van der Waals surface area contributed by atoms with E-state index in [0.29, 0.717) is 0 Å². The first-order valence-corrected chi connectivity index (χ1v) is 7.64. The lowest BCUT2D eigenvalue weighted by molar-refractivity contribution is -0.146. The fraction of sp³-hybridized carbons (Fsp3) is 1.00. The maximum Gasteiger partial charge on any atom is 0.143 e. The van der Waals surface area contributed by atoms with Gasteiger partial charge < -0.3 is 9.47 Å². The molecule has 0 aliphatic heterocycles. The average molecular weight is 302 g/mol. The molecule has 0 aliphatic carbocycles. The van der Waals surface area contributed by atoms with Crippen LogP contribution in [0.4, 0.5) is 0 Å². The predicted molar refractivity (Wildman–Crippen MR) is 63.9 cm³/mol. The van der Waals surface area contributed by atoms with Crippen LogP contribution in [0, 0.1) is 0 Å². The SMILES string of the molecule is CCC(OC)(OC)[SiH2]CCCI. The van der Waals surface area contributed by atoms with Crippen LogP contribution in [0.3, 0.4) is 0 Å². The Morgan fingerprint density at radius 2 is 1.92 bits per heavy atom. The van der Waals surface area contributed by atoms with Crippen molar-refractivity contribution in [2.45, 2.75) is 31.2 Å². The summed E-state index contributed by atoms with van der Waals surface area (Å²) in [6, 6.07) is 1.32. The molecule has 0 heterocycles. The summed E-state index contributed by atoms with van der Waals surface area (Å²) in [5.41, 5.74) is -0.189. The Balaban J connectivity index is 3.76.